The van der Waals surface area contributed by atoms with Gasteiger partial charge in [0.15, 0.2) is 35.4 Å². The van der Waals surface area contributed by atoms with E-state index in [9.17, 15) is 30.0 Å². The molecule has 1 amide bonds. The van der Waals surface area contributed by atoms with Crippen LogP contribution in [0.3, 0.4) is 0 Å². The number of fused-ring (bicyclic) bond motifs is 10. The molecule has 3 aromatic rings. The first kappa shape index (κ1) is 43.4. The summed E-state index contributed by atoms with van der Waals surface area (Å²) in [5.74, 6) is -7.03. The maximum Gasteiger partial charge on any atom is 0.312 e. The number of Topliss-reactive ketones (excluding diaryl/α,β-unsaturated/α-hetero) is 1. The van der Waals surface area contributed by atoms with E-state index in [1.807, 2.05) is 66.6 Å². The molecule has 9 atom stereocenters. The molecule has 0 spiro atoms. The Hall–Kier alpha value is -5.15. The van der Waals surface area contributed by atoms with Gasteiger partial charge in [-0.2, -0.15) is 4.57 Å². The number of nitrogens with one attached hydrogen (secondary N) is 1. The van der Waals surface area contributed by atoms with Crippen LogP contribution in [0.2, 0.25) is 0 Å². The lowest BCUT2D eigenvalue weighted by molar-refractivity contribution is -0.595. The Morgan fingerprint density at radius 3 is 2.14 bits per heavy atom. The zero-order valence-corrected chi connectivity index (χ0v) is 35.9. The normalized spacial score (nSPS) is 31.8. The molecule has 5 N–H and O–H groups in total. The number of hydrogen-bond acceptors (Lipinski definition) is 12. The van der Waals surface area contributed by atoms with Gasteiger partial charge in [-0.3, -0.25) is 9.59 Å². The molecule has 0 saturated carbocycles. The summed E-state index contributed by atoms with van der Waals surface area (Å²) in [6, 6.07) is 3.54. The second kappa shape index (κ2) is 16.1. The van der Waals surface area contributed by atoms with Gasteiger partial charge in [0.25, 0.3) is 17.4 Å². The van der Waals surface area contributed by atoms with Crippen molar-refractivity contribution in [3.8, 4) is 28.7 Å². The van der Waals surface area contributed by atoms with Crippen LogP contribution in [0.1, 0.15) is 71.3 Å². The highest BCUT2D eigenvalue weighted by Crippen LogP contribution is 2.55. The minimum atomic E-state index is -1.99. The van der Waals surface area contributed by atoms with E-state index in [0.717, 1.165) is 5.69 Å². The minimum absolute atomic E-state index is 0.0562. The molecule has 1 aromatic heterocycles. The van der Waals surface area contributed by atoms with Crippen LogP contribution in [0, 0.1) is 30.6 Å². The number of aromatic nitrogens is 1. The number of aliphatic hydroxyl groups excluding tert-OH is 1. The number of rotatable bonds is 3. The second-order valence-electron chi connectivity index (χ2n) is 16.9. The van der Waals surface area contributed by atoms with E-state index in [1.54, 1.807) is 49.7 Å². The summed E-state index contributed by atoms with van der Waals surface area (Å²) in [5, 5.41) is 50.0. The fourth-order valence-electron chi connectivity index (χ4n) is 8.52. The molecule has 1 saturated heterocycles. The molecule has 5 heterocycles. The lowest BCUT2D eigenvalue weighted by Crippen LogP contribution is -2.56. The first-order chi connectivity index (χ1) is 27.6. The van der Waals surface area contributed by atoms with Crippen molar-refractivity contribution < 1.29 is 58.3 Å². The monoisotopic (exact) mass is 816 g/mol. The summed E-state index contributed by atoms with van der Waals surface area (Å²) in [6.45, 7) is 16.0. The van der Waals surface area contributed by atoms with E-state index in [1.165, 1.54) is 31.8 Å². The van der Waals surface area contributed by atoms with Crippen molar-refractivity contribution in [1.82, 2.24) is 0 Å². The van der Waals surface area contributed by atoms with Crippen molar-refractivity contribution in [2.75, 3.05) is 31.4 Å². The predicted molar refractivity (Wildman–Crippen MR) is 222 cm³/mol. The Labute approximate surface area is 345 Å². The molecule has 7 rings (SSSR count). The van der Waals surface area contributed by atoms with Crippen LogP contribution < -0.4 is 19.5 Å². The van der Waals surface area contributed by atoms with Gasteiger partial charge >= 0.3 is 5.79 Å². The van der Waals surface area contributed by atoms with E-state index in [2.05, 4.69) is 5.32 Å². The lowest BCUT2D eigenvalue weighted by Gasteiger charge is -2.49. The Morgan fingerprint density at radius 2 is 1.51 bits per heavy atom. The number of pyridine rings is 1. The number of methoxy groups -OCH3 is 1. The zero-order chi connectivity index (χ0) is 43.5. The molecule has 0 radical (unpaired) electrons. The summed E-state index contributed by atoms with van der Waals surface area (Å²) < 4.78 is 32.4. The van der Waals surface area contributed by atoms with Crippen LogP contribution in [0.5, 0.6) is 23.0 Å². The minimum Gasteiger partial charge on any atom is -0.507 e. The molecule has 318 valence electrons. The molecular weight excluding hydrogens is 759 g/mol. The highest BCUT2D eigenvalue weighted by atomic mass is 16.7. The van der Waals surface area contributed by atoms with Crippen molar-refractivity contribution in [3.05, 3.63) is 71.8 Å². The van der Waals surface area contributed by atoms with Crippen LogP contribution in [0.4, 0.5) is 11.4 Å². The second-order valence-corrected chi connectivity index (χ2v) is 16.9. The summed E-state index contributed by atoms with van der Waals surface area (Å²) in [7, 11) is 5.25. The maximum atomic E-state index is 14.5. The SMILES string of the molecule is COC1/C=C/OC2(C)Oc3c(C)c(O)c4c(O)c(c(-[n+]5ccc(N(C)C)cc5)c(O)c4c3C2=O)NC(=O)/C(C)=C\C=C\C(C)C2OC(C)(C)OC(C(C)C(O)C1C)C2C. The molecule has 4 aliphatic rings. The maximum absolute atomic E-state index is 14.5. The molecule has 7 bridgehead atoms. The molecule has 4 aliphatic heterocycles. The molecule has 59 heavy (non-hydrogen) atoms. The number of phenolic OH excluding ortho intramolecular Hbond substituents is 3. The third-order valence-corrected chi connectivity index (χ3v) is 12.1. The van der Waals surface area contributed by atoms with Gasteiger partial charge in [-0.25, -0.2) is 0 Å². The van der Waals surface area contributed by atoms with Crippen LogP contribution in [0.15, 0.2) is 60.7 Å². The van der Waals surface area contributed by atoms with Crippen LogP contribution in [0.25, 0.3) is 16.5 Å². The van der Waals surface area contributed by atoms with Gasteiger partial charge in [0, 0.05) is 80.8 Å². The molecule has 2 aromatic carbocycles. The number of anilines is 2. The number of ether oxygens (including phenoxy) is 5. The third-order valence-electron chi connectivity index (χ3n) is 12.1. The van der Waals surface area contributed by atoms with E-state index < -0.39 is 64.7 Å². The molecule has 14 heteroatoms. The van der Waals surface area contributed by atoms with Gasteiger partial charge in [0.2, 0.25) is 0 Å². The standard InChI is InChI=1S/C45H57N3O11/c1-22-14-13-15-23(2)43(54)46-33-34(48-19-16-28(17-20-48)47(10)11)38(52)30-31(37(33)51)36(50)26(5)41-32(30)42(53)45(9,59-41)56-21-18-29(55-12)24(3)35(49)25(4)40-27(6)39(22)57-44(7,8)58-40/h13-22,24-25,27,29,35,39-40,49H,1-12H3,(H3-,46,50,51,52,53,54)/p+1/b14-13+,21-18+,23-15-. The highest BCUT2D eigenvalue weighted by Gasteiger charge is 2.51. The largest absolute Gasteiger partial charge is 0.507 e. The quantitative estimate of drug-likeness (QED) is 0.113. The Kier molecular flexibility index (Phi) is 11.9. The molecule has 1 fully saturated rings. The number of nitrogens with zero attached hydrogens (tertiary/aromatic N) is 2. The summed E-state index contributed by atoms with van der Waals surface area (Å²) in [4.78, 5) is 30.3. The molecular formula is C45H58N3O11+. The average Bonchev–Trinajstić information content (AvgIpc) is 3.45. The molecule has 0 aliphatic carbocycles. The topological polar surface area (TPSA) is 180 Å². The zero-order valence-electron chi connectivity index (χ0n) is 35.9. The van der Waals surface area contributed by atoms with Gasteiger partial charge < -0.3 is 54.3 Å². The molecule has 9 unspecified atom stereocenters. The average molecular weight is 817 g/mol. The number of benzene rings is 2. The van der Waals surface area contributed by atoms with Gasteiger partial charge in [0.05, 0.1) is 47.0 Å². The van der Waals surface area contributed by atoms with Gasteiger partial charge in [0.1, 0.15) is 11.5 Å². The highest BCUT2D eigenvalue weighted by molar-refractivity contribution is 6.22. The summed E-state index contributed by atoms with van der Waals surface area (Å²) in [5.41, 5.74) is 0.766. The Morgan fingerprint density at radius 1 is 0.864 bits per heavy atom. The third kappa shape index (κ3) is 7.74. The lowest BCUT2D eigenvalue weighted by atomic mass is 9.77. The van der Waals surface area contributed by atoms with Crippen LogP contribution in [-0.2, 0) is 23.7 Å². The summed E-state index contributed by atoms with van der Waals surface area (Å²) in [6.07, 6.45) is 9.17. The van der Waals surface area contributed by atoms with Crippen molar-refractivity contribution in [3.63, 3.8) is 0 Å². The number of ketones is 1. The van der Waals surface area contributed by atoms with Crippen LogP contribution in [-0.4, -0.2) is 89.3 Å². The first-order valence-electron chi connectivity index (χ1n) is 19.9. The van der Waals surface area contributed by atoms with E-state index >= 15 is 0 Å². The van der Waals surface area contributed by atoms with E-state index in [0.29, 0.717) is 0 Å². The number of carbonyl (C=O) groups excluding carboxylic acids is 2. The number of allylic oxidation sites excluding steroid dienone is 2. The smallest absolute Gasteiger partial charge is 0.312 e. The number of phenols is 3. The Balaban J connectivity index is 1.56. The van der Waals surface area contributed by atoms with E-state index in [4.69, 9.17) is 23.7 Å². The van der Waals surface area contributed by atoms with Crippen LogP contribution >= 0.6 is 0 Å². The first-order valence-corrected chi connectivity index (χ1v) is 19.9. The number of hydrogen-bond donors (Lipinski definition) is 5. The number of aromatic hydroxyl groups is 3. The van der Waals surface area contributed by atoms with Crippen molar-refractivity contribution in [2.24, 2.45) is 23.7 Å². The number of amides is 1. The fourth-order valence-corrected chi connectivity index (χ4v) is 8.52. The molecule has 14 nitrogen and oxygen atoms in total. The predicted octanol–water partition coefficient (Wildman–Crippen LogP) is 6.32. The van der Waals surface area contributed by atoms with Crippen molar-refractivity contribution in [1.29, 1.82) is 0 Å². The van der Waals surface area contributed by atoms with Crippen molar-refractivity contribution >= 4 is 33.8 Å². The van der Waals surface area contributed by atoms with Gasteiger partial charge in [-0.15, -0.1) is 0 Å². The van der Waals surface area contributed by atoms with E-state index in [-0.39, 0.29) is 68.5 Å². The summed E-state index contributed by atoms with van der Waals surface area (Å²) >= 11 is 0. The Bertz CT molecular complexity index is 2230. The van der Waals surface area contributed by atoms with Gasteiger partial charge in [-0.1, -0.05) is 45.9 Å². The fraction of sp³-hybridized carbons (Fsp3) is 0.489. The van der Waals surface area contributed by atoms with Gasteiger partial charge in [-0.05, 0) is 33.8 Å². The number of carbonyl (C=O) groups is 2. The number of aliphatic hydroxyl groups is 1. The van der Waals surface area contributed by atoms with Crippen molar-refractivity contribution in [2.45, 2.75) is 98.3 Å².